The van der Waals surface area contributed by atoms with Crippen molar-refractivity contribution in [1.82, 2.24) is 9.78 Å². The summed E-state index contributed by atoms with van der Waals surface area (Å²) in [5.41, 5.74) is 0.328. The van der Waals surface area contributed by atoms with E-state index in [0.717, 1.165) is 12.1 Å². The van der Waals surface area contributed by atoms with Crippen LogP contribution in [0.2, 0.25) is 0 Å². The first-order valence-electron chi connectivity index (χ1n) is 4.77. The lowest BCUT2D eigenvalue weighted by atomic mass is 10.1. The molecule has 2 aromatic rings. The molecule has 0 aliphatic carbocycles. The van der Waals surface area contributed by atoms with Gasteiger partial charge in [0.1, 0.15) is 0 Å². The molecular formula is C11H10F2N2O. The normalized spacial score (nSPS) is 12.7. The predicted molar refractivity (Wildman–Crippen MR) is 53.5 cm³/mol. The zero-order chi connectivity index (χ0) is 11.5. The van der Waals surface area contributed by atoms with Gasteiger partial charge in [-0.25, -0.2) is 8.78 Å². The van der Waals surface area contributed by atoms with E-state index in [2.05, 4.69) is 5.10 Å². The van der Waals surface area contributed by atoms with Crippen LogP contribution in [0.4, 0.5) is 8.78 Å². The average molecular weight is 224 g/mol. The Morgan fingerprint density at radius 2 is 2.12 bits per heavy atom. The molecule has 16 heavy (non-hydrogen) atoms. The summed E-state index contributed by atoms with van der Waals surface area (Å²) in [6.45, 7) is 0.206. The van der Waals surface area contributed by atoms with E-state index in [9.17, 15) is 13.9 Å². The minimum atomic E-state index is -0.961. The van der Waals surface area contributed by atoms with Gasteiger partial charge in [0.15, 0.2) is 11.6 Å². The largest absolute Gasteiger partial charge is 0.386 e. The number of benzene rings is 1. The van der Waals surface area contributed by atoms with Gasteiger partial charge in [-0.05, 0) is 23.8 Å². The summed E-state index contributed by atoms with van der Waals surface area (Å²) in [6.07, 6.45) is 2.36. The lowest BCUT2D eigenvalue weighted by Gasteiger charge is -2.11. The van der Waals surface area contributed by atoms with E-state index in [0.29, 0.717) is 5.56 Å². The third-order valence-corrected chi connectivity index (χ3v) is 2.25. The van der Waals surface area contributed by atoms with E-state index in [4.69, 9.17) is 0 Å². The molecule has 1 N–H and O–H groups in total. The predicted octanol–water partition coefficient (Wildman–Crippen LogP) is 1.89. The van der Waals surface area contributed by atoms with Crippen molar-refractivity contribution in [2.75, 3.05) is 0 Å². The fraction of sp³-hybridized carbons (Fsp3) is 0.182. The summed E-state index contributed by atoms with van der Waals surface area (Å²) in [4.78, 5) is 0. The highest BCUT2D eigenvalue weighted by atomic mass is 19.2. The van der Waals surface area contributed by atoms with Gasteiger partial charge in [-0.15, -0.1) is 0 Å². The summed E-state index contributed by atoms with van der Waals surface area (Å²) < 4.78 is 27.1. The Hall–Kier alpha value is -1.75. The van der Waals surface area contributed by atoms with Gasteiger partial charge in [-0.3, -0.25) is 4.68 Å². The molecular weight excluding hydrogens is 214 g/mol. The molecule has 1 aromatic heterocycles. The Bertz CT molecular complexity index is 471. The Balaban J connectivity index is 2.14. The maximum Gasteiger partial charge on any atom is 0.159 e. The number of rotatable bonds is 3. The fourth-order valence-electron chi connectivity index (χ4n) is 1.41. The van der Waals surface area contributed by atoms with Crippen LogP contribution in [-0.2, 0) is 6.54 Å². The second-order valence-electron chi connectivity index (χ2n) is 3.42. The third-order valence-electron chi connectivity index (χ3n) is 2.25. The van der Waals surface area contributed by atoms with Crippen molar-refractivity contribution in [3.05, 3.63) is 53.9 Å². The first-order chi connectivity index (χ1) is 7.66. The van der Waals surface area contributed by atoms with E-state index in [1.165, 1.54) is 10.7 Å². The molecule has 0 radical (unpaired) electrons. The first kappa shape index (κ1) is 10.8. The molecule has 2 rings (SSSR count). The van der Waals surface area contributed by atoms with Crippen LogP contribution in [0.15, 0.2) is 36.7 Å². The lowest BCUT2D eigenvalue weighted by molar-refractivity contribution is 0.151. The van der Waals surface area contributed by atoms with Gasteiger partial charge in [0.05, 0.1) is 12.6 Å². The maximum absolute atomic E-state index is 12.9. The molecule has 0 saturated heterocycles. The highest BCUT2D eigenvalue weighted by Gasteiger charge is 2.11. The third kappa shape index (κ3) is 2.25. The summed E-state index contributed by atoms with van der Waals surface area (Å²) >= 11 is 0. The van der Waals surface area contributed by atoms with E-state index >= 15 is 0 Å². The molecule has 0 aliphatic heterocycles. The topological polar surface area (TPSA) is 38.0 Å². The Morgan fingerprint density at radius 3 is 2.75 bits per heavy atom. The fourth-order valence-corrected chi connectivity index (χ4v) is 1.41. The minimum Gasteiger partial charge on any atom is -0.386 e. The molecule has 5 heteroatoms. The SMILES string of the molecule is OC(Cn1cccn1)c1ccc(F)c(F)c1. The van der Waals surface area contributed by atoms with Gasteiger partial charge >= 0.3 is 0 Å². The molecule has 0 amide bonds. The molecule has 1 unspecified atom stereocenters. The van der Waals surface area contributed by atoms with Gasteiger partial charge in [0.2, 0.25) is 0 Å². The van der Waals surface area contributed by atoms with Crippen molar-refractivity contribution in [1.29, 1.82) is 0 Å². The van der Waals surface area contributed by atoms with Gasteiger partial charge in [0, 0.05) is 12.4 Å². The zero-order valence-corrected chi connectivity index (χ0v) is 8.35. The van der Waals surface area contributed by atoms with Crippen LogP contribution in [0.3, 0.4) is 0 Å². The van der Waals surface area contributed by atoms with Gasteiger partial charge in [-0.1, -0.05) is 6.07 Å². The number of aliphatic hydroxyl groups is 1. The highest BCUT2D eigenvalue weighted by Crippen LogP contribution is 2.17. The molecule has 0 spiro atoms. The number of hydrogen-bond donors (Lipinski definition) is 1. The van der Waals surface area contributed by atoms with Crippen molar-refractivity contribution in [2.45, 2.75) is 12.6 Å². The molecule has 1 atom stereocenters. The number of hydrogen-bond acceptors (Lipinski definition) is 2. The summed E-state index contributed by atoms with van der Waals surface area (Å²) in [6, 6.07) is 5.06. The van der Waals surface area contributed by atoms with E-state index in [1.807, 2.05) is 0 Å². The second kappa shape index (κ2) is 4.40. The molecule has 1 aromatic carbocycles. The number of halogens is 2. The lowest BCUT2D eigenvalue weighted by Crippen LogP contribution is -2.09. The zero-order valence-electron chi connectivity index (χ0n) is 8.35. The van der Waals surface area contributed by atoms with Crippen LogP contribution in [0.1, 0.15) is 11.7 Å². The van der Waals surface area contributed by atoms with Crippen LogP contribution < -0.4 is 0 Å². The molecule has 0 bridgehead atoms. The summed E-state index contributed by atoms with van der Waals surface area (Å²) in [7, 11) is 0. The quantitative estimate of drug-likeness (QED) is 0.864. The maximum atomic E-state index is 12.9. The van der Waals surface area contributed by atoms with Crippen LogP contribution in [0.25, 0.3) is 0 Å². The van der Waals surface area contributed by atoms with Crippen LogP contribution >= 0.6 is 0 Å². The molecule has 0 fully saturated rings. The second-order valence-corrected chi connectivity index (χ2v) is 3.42. The van der Waals surface area contributed by atoms with E-state index < -0.39 is 17.7 Å². The average Bonchev–Trinajstić information content (AvgIpc) is 2.74. The molecule has 0 saturated carbocycles. The van der Waals surface area contributed by atoms with Gasteiger partial charge < -0.3 is 5.11 Å². The van der Waals surface area contributed by atoms with E-state index in [1.54, 1.807) is 18.5 Å². The van der Waals surface area contributed by atoms with Crippen LogP contribution in [0.5, 0.6) is 0 Å². The van der Waals surface area contributed by atoms with Crippen LogP contribution in [0, 0.1) is 11.6 Å². The number of aliphatic hydroxyl groups excluding tert-OH is 1. The van der Waals surface area contributed by atoms with Crippen molar-refractivity contribution < 1.29 is 13.9 Å². The first-order valence-corrected chi connectivity index (χ1v) is 4.77. The Morgan fingerprint density at radius 1 is 1.31 bits per heavy atom. The van der Waals surface area contributed by atoms with Crippen molar-refractivity contribution in [3.8, 4) is 0 Å². The van der Waals surface area contributed by atoms with E-state index in [-0.39, 0.29) is 6.54 Å². The minimum absolute atomic E-state index is 0.206. The molecule has 84 valence electrons. The number of aromatic nitrogens is 2. The summed E-state index contributed by atoms with van der Waals surface area (Å²) in [5, 5.41) is 13.7. The van der Waals surface area contributed by atoms with Crippen molar-refractivity contribution in [3.63, 3.8) is 0 Å². The highest BCUT2D eigenvalue weighted by molar-refractivity contribution is 5.19. The monoisotopic (exact) mass is 224 g/mol. The van der Waals surface area contributed by atoms with Crippen molar-refractivity contribution in [2.24, 2.45) is 0 Å². The smallest absolute Gasteiger partial charge is 0.159 e. The van der Waals surface area contributed by atoms with Gasteiger partial charge in [-0.2, -0.15) is 5.10 Å². The number of nitrogens with zero attached hydrogens (tertiary/aromatic N) is 2. The van der Waals surface area contributed by atoms with Crippen molar-refractivity contribution >= 4 is 0 Å². The summed E-state index contributed by atoms with van der Waals surface area (Å²) in [5.74, 6) is -1.88. The Kier molecular flexibility index (Phi) is 2.96. The molecule has 0 aliphatic rings. The van der Waals surface area contributed by atoms with Crippen LogP contribution in [-0.4, -0.2) is 14.9 Å². The Labute approximate surface area is 91.0 Å². The molecule has 3 nitrogen and oxygen atoms in total. The standard InChI is InChI=1S/C11H10F2N2O/c12-9-3-2-8(6-10(9)13)11(16)7-15-5-1-4-14-15/h1-6,11,16H,7H2. The van der Waals surface area contributed by atoms with Gasteiger partial charge in [0.25, 0.3) is 0 Å². The molecule has 1 heterocycles.